The number of nitrogens with one attached hydrogen (secondary N) is 1. The first kappa shape index (κ1) is 16.0. The fourth-order valence-electron chi connectivity index (χ4n) is 1.68. The Morgan fingerprint density at radius 2 is 2.12 bits per heavy atom. The van der Waals surface area contributed by atoms with E-state index in [4.69, 9.17) is 10.5 Å². The SMILES string of the molecule is CC(CN)(NCCOCC(F)F)C1CC1.Cl. The lowest BCUT2D eigenvalue weighted by Crippen LogP contribution is -2.51. The van der Waals surface area contributed by atoms with Gasteiger partial charge in [-0.2, -0.15) is 0 Å². The van der Waals surface area contributed by atoms with Gasteiger partial charge in [-0.15, -0.1) is 12.4 Å². The zero-order chi connectivity index (χ0) is 11.3. The number of nitrogens with two attached hydrogens (primary N) is 1. The summed E-state index contributed by atoms with van der Waals surface area (Å²) in [7, 11) is 0. The molecule has 0 bridgehead atoms. The minimum Gasteiger partial charge on any atom is -0.374 e. The molecule has 1 fully saturated rings. The van der Waals surface area contributed by atoms with Gasteiger partial charge >= 0.3 is 0 Å². The summed E-state index contributed by atoms with van der Waals surface area (Å²) in [4.78, 5) is 0. The highest BCUT2D eigenvalue weighted by Crippen LogP contribution is 2.38. The highest BCUT2D eigenvalue weighted by molar-refractivity contribution is 5.85. The Kier molecular flexibility index (Phi) is 7.39. The molecule has 1 aliphatic carbocycles. The van der Waals surface area contributed by atoms with Gasteiger partial charge in [0.05, 0.1) is 6.61 Å². The molecule has 0 heterocycles. The zero-order valence-corrected chi connectivity index (χ0v) is 10.4. The monoisotopic (exact) mass is 258 g/mol. The van der Waals surface area contributed by atoms with Crippen molar-refractivity contribution in [2.45, 2.75) is 31.7 Å². The summed E-state index contributed by atoms with van der Waals surface area (Å²) in [6, 6.07) is 0. The van der Waals surface area contributed by atoms with E-state index in [2.05, 4.69) is 12.2 Å². The van der Waals surface area contributed by atoms with Crippen molar-refractivity contribution in [2.75, 3.05) is 26.3 Å². The average molecular weight is 259 g/mol. The van der Waals surface area contributed by atoms with Crippen LogP contribution in [0, 0.1) is 5.92 Å². The number of hydrogen-bond donors (Lipinski definition) is 2. The van der Waals surface area contributed by atoms with Crippen LogP contribution in [0.2, 0.25) is 0 Å². The third-order valence-electron chi connectivity index (χ3n) is 2.92. The number of hydrogen-bond acceptors (Lipinski definition) is 3. The first-order valence-electron chi connectivity index (χ1n) is 5.39. The van der Waals surface area contributed by atoms with Crippen LogP contribution in [-0.4, -0.2) is 38.3 Å². The zero-order valence-electron chi connectivity index (χ0n) is 9.55. The van der Waals surface area contributed by atoms with E-state index in [1.807, 2.05) is 0 Å². The van der Waals surface area contributed by atoms with Gasteiger partial charge in [0.25, 0.3) is 6.43 Å². The van der Waals surface area contributed by atoms with Crippen LogP contribution in [0.15, 0.2) is 0 Å². The molecule has 0 aliphatic heterocycles. The molecule has 98 valence electrons. The van der Waals surface area contributed by atoms with Crippen molar-refractivity contribution in [1.82, 2.24) is 5.32 Å². The molecule has 0 aromatic carbocycles. The second-order valence-corrected chi connectivity index (χ2v) is 4.29. The fourth-order valence-corrected chi connectivity index (χ4v) is 1.68. The van der Waals surface area contributed by atoms with Crippen molar-refractivity contribution < 1.29 is 13.5 Å². The Bertz CT molecular complexity index is 194. The summed E-state index contributed by atoms with van der Waals surface area (Å²) in [6.07, 6.45) is 0.0336. The molecule has 3 nitrogen and oxygen atoms in total. The molecule has 0 saturated heterocycles. The highest BCUT2D eigenvalue weighted by atomic mass is 35.5. The van der Waals surface area contributed by atoms with Gasteiger partial charge in [0.15, 0.2) is 0 Å². The van der Waals surface area contributed by atoms with Crippen LogP contribution in [0.25, 0.3) is 0 Å². The summed E-state index contributed by atoms with van der Waals surface area (Å²) in [6.45, 7) is 3.07. The van der Waals surface area contributed by atoms with Gasteiger partial charge in [-0.05, 0) is 25.7 Å². The minimum absolute atomic E-state index is 0. The second-order valence-electron chi connectivity index (χ2n) is 4.29. The Labute approximate surface area is 102 Å². The maximum atomic E-state index is 11.7. The maximum Gasteiger partial charge on any atom is 0.261 e. The molecule has 1 saturated carbocycles. The molecule has 0 aromatic heterocycles. The normalized spacial score (nSPS) is 19.3. The van der Waals surface area contributed by atoms with Crippen LogP contribution >= 0.6 is 12.4 Å². The van der Waals surface area contributed by atoms with Crippen LogP contribution in [0.5, 0.6) is 0 Å². The fraction of sp³-hybridized carbons (Fsp3) is 1.00. The third kappa shape index (κ3) is 5.39. The quantitative estimate of drug-likeness (QED) is 0.647. The molecule has 1 rings (SSSR count). The van der Waals surface area contributed by atoms with Crippen molar-refractivity contribution in [2.24, 2.45) is 11.7 Å². The molecule has 0 spiro atoms. The van der Waals surface area contributed by atoms with E-state index in [-0.39, 0.29) is 17.9 Å². The number of ether oxygens (including phenoxy) is 1. The molecular weight excluding hydrogens is 238 g/mol. The van der Waals surface area contributed by atoms with Gasteiger partial charge in [-0.3, -0.25) is 0 Å². The van der Waals surface area contributed by atoms with E-state index in [1.54, 1.807) is 0 Å². The van der Waals surface area contributed by atoms with Crippen LogP contribution in [0.4, 0.5) is 8.78 Å². The van der Waals surface area contributed by atoms with Gasteiger partial charge in [0.1, 0.15) is 6.61 Å². The summed E-state index contributed by atoms with van der Waals surface area (Å²) in [5.41, 5.74) is 5.64. The average Bonchev–Trinajstić information content (AvgIpc) is 3.00. The van der Waals surface area contributed by atoms with Gasteiger partial charge in [0.2, 0.25) is 0 Å². The van der Waals surface area contributed by atoms with Crippen molar-refractivity contribution in [3.05, 3.63) is 0 Å². The molecule has 6 heteroatoms. The summed E-state index contributed by atoms with van der Waals surface area (Å²) in [5, 5.41) is 3.29. The van der Waals surface area contributed by atoms with Gasteiger partial charge in [0, 0.05) is 18.6 Å². The Balaban J connectivity index is 0.00000225. The lowest BCUT2D eigenvalue weighted by Gasteiger charge is -2.29. The van der Waals surface area contributed by atoms with Crippen molar-refractivity contribution in [1.29, 1.82) is 0 Å². The Morgan fingerprint density at radius 1 is 1.50 bits per heavy atom. The second kappa shape index (κ2) is 7.37. The summed E-state index contributed by atoms with van der Waals surface area (Å²) >= 11 is 0. The van der Waals surface area contributed by atoms with Gasteiger partial charge in [-0.25, -0.2) is 8.78 Å². The summed E-state index contributed by atoms with van der Waals surface area (Å²) in [5.74, 6) is 0.637. The molecule has 0 amide bonds. The van der Waals surface area contributed by atoms with Crippen LogP contribution in [-0.2, 0) is 4.74 Å². The molecule has 16 heavy (non-hydrogen) atoms. The molecule has 1 aliphatic rings. The van der Waals surface area contributed by atoms with E-state index in [0.29, 0.717) is 25.6 Å². The maximum absolute atomic E-state index is 11.7. The molecule has 0 aromatic rings. The topological polar surface area (TPSA) is 47.3 Å². The lowest BCUT2D eigenvalue weighted by atomic mass is 9.96. The van der Waals surface area contributed by atoms with Crippen molar-refractivity contribution in [3.8, 4) is 0 Å². The van der Waals surface area contributed by atoms with Crippen molar-refractivity contribution in [3.63, 3.8) is 0 Å². The molecular formula is C10H21ClF2N2O. The molecule has 0 radical (unpaired) electrons. The third-order valence-corrected chi connectivity index (χ3v) is 2.92. The Hall–Kier alpha value is 0.0300. The van der Waals surface area contributed by atoms with E-state index in [1.165, 1.54) is 12.8 Å². The lowest BCUT2D eigenvalue weighted by molar-refractivity contribution is 0.0169. The standard InChI is InChI=1S/C10H20F2N2O.ClH/c1-10(7-13,8-2-3-8)14-4-5-15-6-9(11)12;/h8-9,14H,2-7,13H2,1H3;1H. The van der Waals surface area contributed by atoms with E-state index in [9.17, 15) is 8.78 Å². The predicted molar refractivity (Wildman–Crippen MR) is 62.3 cm³/mol. The van der Waals surface area contributed by atoms with E-state index < -0.39 is 13.0 Å². The minimum atomic E-state index is -2.38. The van der Waals surface area contributed by atoms with Crippen molar-refractivity contribution >= 4 is 12.4 Å². The Morgan fingerprint density at radius 3 is 2.56 bits per heavy atom. The first-order chi connectivity index (χ1) is 7.08. The number of rotatable bonds is 8. The van der Waals surface area contributed by atoms with Gasteiger partial charge < -0.3 is 15.8 Å². The van der Waals surface area contributed by atoms with E-state index >= 15 is 0 Å². The van der Waals surface area contributed by atoms with Crippen LogP contribution < -0.4 is 11.1 Å². The van der Waals surface area contributed by atoms with Crippen LogP contribution in [0.1, 0.15) is 19.8 Å². The summed E-state index contributed by atoms with van der Waals surface area (Å²) < 4.78 is 28.3. The number of halogens is 3. The number of alkyl halides is 2. The largest absolute Gasteiger partial charge is 0.374 e. The van der Waals surface area contributed by atoms with Crippen LogP contribution in [0.3, 0.4) is 0 Å². The van der Waals surface area contributed by atoms with E-state index in [0.717, 1.165) is 0 Å². The molecule has 1 atom stereocenters. The smallest absolute Gasteiger partial charge is 0.261 e. The molecule has 3 N–H and O–H groups in total. The molecule has 1 unspecified atom stereocenters. The highest BCUT2D eigenvalue weighted by Gasteiger charge is 2.39. The first-order valence-corrected chi connectivity index (χ1v) is 5.39. The predicted octanol–water partition coefficient (Wildman–Crippen LogP) is 1.41. The van der Waals surface area contributed by atoms with Gasteiger partial charge in [-0.1, -0.05) is 0 Å².